The minimum Gasteiger partial charge on any atom is -0.490 e. The smallest absolute Gasteiger partial charge is 0.163 e. The Hall–Kier alpha value is -1.17. The van der Waals surface area contributed by atoms with E-state index in [4.69, 9.17) is 49.4 Å². The van der Waals surface area contributed by atoms with E-state index in [-0.39, 0.29) is 13.2 Å². The standard InChI is InChI=1S/C21H26Cl3NO3/c1-2-27-20-10-16(13-25-8-4-3-5-9-26)19(24)12-21(20)28-14-15-6-7-17(22)11-18(15)23/h6-7,10-12,25-26H,2-5,8-9,13-14H2,1H3. The molecule has 0 amide bonds. The van der Waals surface area contributed by atoms with Gasteiger partial charge in [-0.25, -0.2) is 0 Å². The van der Waals surface area contributed by atoms with E-state index in [1.807, 2.05) is 19.1 Å². The second-order valence-electron chi connectivity index (χ2n) is 6.31. The quantitative estimate of drug-likeness (QED) is 0.400. The van der Waals surface area contributed by atoms with E-state index in [1.165, 1.54) is 0 Å². The number of unbranched alkanes of at least 4 members (excludes halogenated alkanes) is 2. The van der Waals surface area contributed by atoms with E-state index < -0.39 is 0 Å². The van der Waals surface area contributed by atoms with Crippen molar-refractivity contribution in [3.05, 3.63) is 56.5 Å². The molecular weight excluding hydrogens is 421 g/mol. The molecule has 0 fully saturated rings. The second-order valence-corrected chi connectivity index (χ2v) is 7.56. The summed E-state index contributed by atoms with van der Waals surface area (Å²) in [7, 11) is 0. The van der Waals surface area contributed by atoms with Gasteiger partial charge < -0.3 is 19.9 Å². The van der Waals surface area contributed by atoms with Crippen molar-refractivity contribution in [2.75, 3.05) is 19.8 Å². The predicted octanol–water partition coefficient (Wildman–Crippen LogP) is 5.88. The molecule has 0 unspecified atom stereocenters. The molecule has 0 aliphatic carbocycles. The highest BCUT2D eigenvalue weighted by molar-refractivity contribution is 6.35. The van der Waals surface area contributed by atoms with Gasteiger partial charge in [0, 0.05) is 39.8 Å². The second kappa shape index (κ2) is 12.4. The normalized spacial score (nSPS) is 10.9. The van der Waals surface area contributed by atoms with E-state index in [0.717, 1.165) is 36.9 Å². The lowest BCUT2D eigenvalue weighted by Gasteiger charge is -2.16. The van der Waals surface area contributed by atoms with Gasteiger partial charge in [0.1, 0.15) is 6.61 Å². The SMILES string of the molecule is CCOc1cc(CNCCCCCO)c(Cl)cc1OCc1ccc(Cl)cc1Cl. The summed E-state index contributed by atoms with van der Waals surface area (Å²) in [5, 5.41) is 13.9. The minimum atomic E-state index is 0.242. The number of halogens is 3. The Kier molecular flexibility index (Phi) is 10.2. The van der Waals surface area contributed by atoms with Crippen LogP contribution in [0.5, 0.6) is 11.5 Å². The van der Waals surface area contributed by atoms with Crippen molar-refractivity contribution in [3.8, 4) is 11.5 Å². The zero-order valence-corrected chi connectivity index (χ0v) is 18.2. The molecule has 2 N–H and O–H groups in total. The molecule has 2 rings (SSSR count). The van der Waals surface area contributed by atoms with E-state index in [1.54, 1.807) is 18.2 Å². The van der Waals surface area contributed by atoms with Gasteiger partial charge in [-0.2, -0.15) is 0 Å². The zero-order valence-electron chi connectivity index (χ0n) is 15.9. The summed E-state index contributed by atoms with van der Waals surface area (Å²) >= 11 is 18.6. The fourth-order valence-corrected chi connectivity index (χ4v) is 3.33. The maximum absolute atomic E-state index is 8.81. The zero-order chi connectivity index (χ0) is 20.4. The minimum absolute atomic E-state index is 0.242. The Morgan fingerprint density at radius 2 is 1.64 bits per heavy atom. The molecule has 0 radical (unpaired) electrons. The van der Waals surface area contributed by atoms with E-state index >= 15 is 0 Å². The van der Waals surface area contributed by atoms with Crippen molar-refractivity contribution in [3.63, 3.8) is 0 Å². The van der Waals surface area contributed by atoms with Crippen molar-refractivity contribution in [2.24, 2.45) is 0 Å². The first-order valence-electron chi connectivity index (χ1n) is 9.38. The third-order valence-corrected chi connectivity index (χ3v) is 5.08. The molecule has 0 aliphatic rings. The van der Waals surface area contributed by atoms with Crippen LogP contribution in [0.3, 0.4) is 0 Å². The van der Waals surface area contributed by atoms with Crippen molar-refractivity contribution >= 4 is 34.8 Å². The largest absolute Gasteiger partial charge is 0.490 e. The van der Waals surface area contributed by atoms with Crippen LogP contribution in [-0.2, 0) is 13.2 Å². The fourth-order valence-electron chi connectivity index (χ4n) is 2.65. The topological polar surface area (TPSA) is 50.7 Å². The van der Waals surface area contributed by atoms with Crippen LogP contribution in [0.4, 0.5) is 0 Å². The van der Waals surface area contributed by atoms with Gasteiger partial charge in [-0.05, 0) is 56.5 Å². The first-order chi connectivity index (χ1) is 13.5. The summed E-state index contributed by atoms with van der Waals surface area (Å²) in [6.07, 6.45) is 2.85. The number of ether oxygens (including phenoxy) is 2. The van der Waals surface area contributed by atoms with E-state index in [2.05, 4.69) is 5.32 Å². The van der Waals surface area contributed by atoms with Crippen LogP contribution < -0.4 is 14.8 Å². The van der Waals surface area contributed by atoms with Crippen LogP contribution in [0.1, 0.15) is 37.3 Å². The van der Waals surface area contributed by atoms with Gasteiger partial charge >= 0.3 is 0 Å². The molecule has 28 heavy (non-hydrogen) atoms. The fraction of sp³-hybridized carbons (Fsp3) is 0.429. The molecule has 154 valence electrons. The van der Waals surface area contributed by atoms with Crippen LogP contribution >= 0.6 is 34.8 Å². The number of benzene rings is 2. The van der Waals surface area contributed by atoms with E-state index in [0.29, 0.717) is 39.7 Å². The molecule has 0 aliphatic heterocycles. The third-order valence-electron chi connectivity index (χ3n) is 4.14. The summed E-state index contributed by atoms with van der Waals surface area (Å²) in [6, 6.07) is 8.98. The first kappa shape index (κ1) is 23.1. The van der Waals surface area contributed by atoms with Crippen LogP contribution in [-0.4, -0.2) is 24.9 Å². The lowest BCUT2D eigenvalue weighted by molar-refractivity contribution is 0.269. The van der Waals surface area contributed by atoms with Crippen LogP contribution in [0.25, 0.3) is 0 Å². The Morgan fingerprint density at radius 3 is 2.36 bits per heavy atom. The van der Waals surface area contributed by atoms with Gasteiger partial charge in [-0.3, -0.25) is 0 Å². The van der Waals surface area contributed by atoms with Gasteiger partial charge in [0.2, 0.25) is 0 Å². The molecule has 0 saturated heterocycles. The Bertz CT molecular complexity index is 756. The van der Waals surface area contributed by atoms with Crippen molar-refractivity contribution in [2.45, 2.75) is 39.3 Å². The molecule has 0 spiro atoms. The van der Waals surface area contributed by atoms with Crippen molar-refractivity contribution in [1.29, 1.82) is 0 Å². The molecule has 0 aromatic heterocycles. The summed E-state index contributed by atoms with van der Waals surface area (Å²) in [6.45, 7) is 4.48. The summed E-state index contributed by atoms with van der Waals surface area (Å²) < 4.78 is 11.7. The summed E-state index contributed by atoms with van der Waals surface area (Å²) in [5.41, 5.74) is 1.78. The average Bonchev–Trinajstić information content (AvgIpc) is 2.66. The molecule has 2 aromatic carbocycles. The molecular formula is C21H26Cl3NO3. The molecule has 2 aromatic rings. The number of hydrogen-bond donors (Lipinski definition) is 2. The molecule has 7 heteroatoms. The molecule has 0 saturated carbocycles. The maximum Gasteiger partial charge on any atom is 0.163 e. The number of nitrogens with one attached hydrogen (secondary N) is 1. The summed E-state index contributed by atoms with van der Waals surface area (Å²) in [4.78, 5) is 0. The molecule has 0 atom stereocenters. The van der Waals surface area contributed by atoms with Crippen LogP contribution in [0.15, 0.2) is 30.3 Å². The van der Waals surface area contributed by atoms with Gasteiger partial charge in [0.15, 0.2) is 11.5 Å². The van der Waals surface area contributed by atoms with E-state index in [9.17, 15) is 0 Å². The van der Waals surface area contributed by atoms with Crippen molar-refractivity contribution in [1.82, 2.24) is 5.32 Å². The van der Waals surface area contributed by atoms with Crippen molar-refractivity contribution < 1.29 is 14.6 Å². The third kappa shape index (κ3) is 7.34. The number of aliphatic hydroxyl groups is 1. The van der Waals surface area contributed by atoms with Gasteiger partial charge in [0.05, 0.1) is 6.61 Å². The molecule has 4 nitrogen and oxygen atoms in total. The van der Waals surface area contributed by atoms with Gasteiger partial charge in [-0.1, -0.05) is 40.9 Å². The highest BCUT2D eigenvalue weighted by Gasteiger charge is 2.12. The lowest BCUT2D eigenvalue weighted by Crippen LogP contribution is -2.15. The first-order valence-corrected chi connectivity index (χ1v) is 10.5. The molecule has 0 heterocycles. The number of rotatable bonds is 12. The average molecular weight is 447 g/mol. The summed E-state index contributed by atoms with van der Waals surface area (Å²) in [5.74, 6) is 1.22. The Morgan fingerprint density at radius 1 is 0.893 bits per heavy atom. The van der Waals surface area contributed by atoms with Gasteiger partial charge in [-0.15, -0.1) is 0 Å². The maximum atomic E-state index is 8.81. The van der Waals surface area contributed by atoms with Gasteiger partial charge in [0.25, 0.3) is 0 Å². The number of hydrogen-bond acceptors (Lipinski definition) is 4. The predicted molar refractivity (Wildman–Crippen MR) is 116 cm³/mol. The Balaban J connectivity index is 2.02. The number of aliphatic hydroxyl groups excluding tert-OH is 1. The Labute approximate surface area is 181 Å². The van der Waals surface area contributed by atoms with Crippen LogP contribution in [0.2, 0.25) is 15.1 Å². The highest BCUT2D eigenvalue weighted by atomic mass is 35.5. The highest BCUT2D eigenvalue weighted by Crippen LogP contribution is 2.35. The monoisotopic (exact) mass is 445 g/mol. The lowest BCUT2D eigenvalue weighted by atomic mass is 10.2. The van der Waals surface area contributed by atoms with Crippen LogP contribution in [0, 0.1) is 0 Å². The molecule has 0 bridgehead atoms.